The van der Waals surface area contributed by atoms with Crippen LogP contribution in [0.4, 0.5) is 33.3 Å². The van der Waals surface area contributed by atoms with Crippen LogP contribution in [0.1, 0.15) is 15.9 Å². The summed E-state index contributed by atoms with van der Waals surface area (Å²) in [7, 11) is 0. The van der Waals surface area contributed by atoms with E-state index in [-0.39, 0.29) is 27.5 Å². The molecule has 4 nitrogen and oxygen atoms in total. The third kappa shape index (κ3) is 6.39. The summed E-state index contributed by atoms with van der Waals surface area (Å²) < 4.78 is 65.5. The zero-order chi connectivity index (χ0) is 24.2. The van der Waals surface area contributed by atoms with Crippen LogP contribution in [0.5, 0.6) is 0 Å². The van der Waals surface area contributed by atoms with Crippen molar-refractivity contribution in [2.24, 2.45) is 0 Å². The number of hydrogen-bond donors (Lipinski definition) is 3. The summed E-state index contributed by atoms with van der Waals surface area (Å²) >= 11 is 6.08. The number of anilines is 2. The first kappa shape index (κ1) is 23.9. The van der Waals surface area contributed by atoms with E-state index in [9.17, 15) is 26.7 Å². The van der Waals surface area contributed by atoms with Crippen LogP contribution in [-0.2, 0) is 0 Å². The Hall–Kier alpha value is -3.72. The molecule has 0 aromatic heterocycles. The molecule has 0 aliphatic carbocycles. The van der Waals surface area contributed by atoms with Gasteiger partial charge in [-0.1, -0.05) is 35.9 Å². The maximum absolute atomic E-state index is 13.3. The van der Waals surface area contributed by atoms with Gasteiger partial charge in [0.15, 0.2) is 0 Å². The van der Waals surface area contributed by atoms with Crippen molar-refractivity contribution in [1.29, 1.82) is 5.41 Å². The van der Waals surface area contributed by atoms with Crippen molar-refractivity contribution in [1.82, 2.24) is 0 Å². The van der Waals surface area contributed by atoms with Gasteiger partial charge in [-0.2, -0.15) is 13.2 Å². The number of allylic oxidation sites excluding steroid dienone is 1. The standard InChI is InChI=1S/C23H15ClF5N3O/c24-18-3-1-2-4-19(18)32-20(12-21(30)23(27,28)29)13-5-7-14(8-6-13)22(33)31-17-10-15(25)9-16(26)11-17/h1-12,30,32H,(H,31,33)/b20-12-,30-21?. The highest BCUT2D eigenvalue weighted by molar-refractivity contribution is 6.33. The van der Waals surface area contributed by atoms with E-state index in [0.717, 1.165) is 12.1 Å². The average molecular weight is 480 g/mol. The predicted molar refractivity (Wildman–Crippen MR) is 118 cm³/mol. The number of nitrogens with one attached hydrogen (secondary N) is 3. The van der Waals surface area contributed by atoms with Crippen molar-refractivity contribution < 1.29 is 26.7 Å². The Morgan fingerprint density at radius 2 is 1.45 bits per heavy atom. The van der Waals surface area contributed by atoms with Crippen LogP contribution in [-0.4, -0.2) is 17.8 Å². The number of alkyl halides is 3. The molecule has 0 fully saturated rings. The minimum atomic E-state index is -4.87. The van der Waals surface area contributed by atoms with Gasteiger partial charge in [0.05, 0.1) is 10.7 Å². The Balaban J connectivity index is 1.88. The number of hydrogen-bond acceptors (Lipinski definition) is 3. The third-order valence-corrected chi connectivity index (χ3v) is 4.65. The fourth-order valence-corrected chi connectivity index (χ4v) is 2.94. The number of halogens is 6. The quantitative estimate of drug-likeness (QED) is 0.266. The van der Waals surface area contributed by atoms with Gasteiger partial charge in [0, 0.05) is 23.0 Å². The van der Waals surface area contributed by atoms with E-state index in [1.165, 1.54) is 24.3 Å². The van der Waals surface area contributed by atoms with E-state index in [1.807, 2.05) is 0 Å². The van der Waals surface area contributed by atoms with Crippen molar-refractivity contribution in [2.75, 3.05) is 10.6 Å². The van der Waals surface area contributed by atoms with Gasteiger partial charge in [0.2, 0.25) is 0 Å². The van der Waals surface area contributed by atoms with Crippen LogP contribution in [0.2, 0.25) is 5.02 Å². The maximum atomic E-state index is 13.3. The molecule has 3 rings (SSSR count). The van der Waals surface area contributed by atoms with Gasteiger partial charge in [-0.05, 0) is 48.0 Å². The van der Waals surface area contributed by atoms with E-state index < -0.39 is 29.4 Å². The smallest absolute Gasteiger partial charge is 0.354 e. The molecule has 0 aliphatic heterocycles. The molecule has 0 unspecified atom stereocenters. The van der Waals surface area contributed by atoms with E-state index in [4.69, 9.17) is 17.0 Å². The predicted octanol–water partition coefficient (Wildman–Crippen LogP) is 6.91. The fourth-order valence-electron chi connectivity index (χ4n) is 2.76. The molecule has 0 aliphatic rings. The normalized spacial score (nSPS) is 11.8. The van der Waals surface area contributed by atoms with E-state index in [0.29, 0.717) is 17.8 Å². The first-order valence-electron chi connectivity index (χ1n) is 9.30. The second-order valence-electron chi connectivity index (χ2n) is 6.76. The van der Waals surface area contributed by atoms with Gasteiger partial charge < -0.3 is 10.6 Å². The number of para-hydroxylation sites is 1. The lowest BCUT2D eigenvalue weighted by atomic mass is 10.1. The SMILES string of the molecule is N=C(/C=C(\Nc1ccccc1Cl)c1ccc(C(=O)Nc2cc(F)cc(F)c2)cc1)C(F)(F)F. The summed E-state index contributed by atoms with van der Waals surface area (Å²) in [5, 5.41) is 12.7. The molecule has 3 aromatic carbocycles. The number of amides is 1. The highest BCUT2D eigenvalue weighted by atomic mass is 35.5. The lowest BCUT2D eigenvalue weighted by Crippen LogP contribution is -2.20. The molecule has 0 bridgehead atoms. The molecule has 3 aromatic rings. The molecular formula is C23H15ClF5N3O. The lowest BCUT2D eigenvalue weighted by Gasteiger charge is -2.15. The van der Waals surface area contributed by atoms with Crippen molar-refractivity contribution in [3.8, 4) is 0 Å². The molecule has 0 spiro atoms. The molecule has 3 N–H and O–H groups in total. The van der Waals surface area contributed by atoms with Crippen LogP contribution >= 0.6 is 11.6 Å². The number of rotatable bonds is 6. The Labute approximate surface area is 190 Å². The van der Waals surface area contributed by atoms with E-state index >= 15 is 0 Å². The van der Waals surface area contributed by atoms with Crippen molar-refractivity contribution >= 4 is 40.3 Å². The highest BCUT2D eigenvalue weighted by Gasteiger charge is 2.33. The first-order valence-corrected chi connectivity index (χ1v) is 9.67. The van der Waals surface area contributed by atoms with Gasteiger partial charge in [0.1, 0.15) is 17.3 Å². The van der Waals surface area contributed by atoms with E-state index in [1.54, 1.807) is 24.3 Å². The van der Waals surface area contributed by atoms with Gasteiger partial charge >= 0.3 is 6.18 Å². The molecule has 0 radical (unpaired) electrons. The Morgan fingerprint density at radius 3 is 2.03 bits per heavy atom. The largest absolute Gasteiger partial charge is 0.432 e. The fraction of sp³-hybridized carbons (Fsp3) is 0.0435. The molecule has 1 amide bonds. The van der Waals surface area contributed by atoms with Crippen molar-refractivity contribution in [2.45, 2.75) is 6.18 Å². The second-order valence-corrected chi connectivity index (χ2v) is 7.17. The van der Waals surface area contributed by atoms with Gasteiger partial charge in [-0.3, -0.25) is 10.2 Å². The Morgan fingerprint density at radius 1 is 0.879 bits per heavy atom. The number of benzene rings is 3. The summed E-state index contributed by atoms with van der Waals surface area (Å²) in [6.45, 7) is 0. The lowest BCUT2D eigenvalue weighted by molar-refractivity contribution is -0.0583. The van der Waals surface area contributed by atoms with Gasteiger partial charge in [-0.25, -0.2) is 8.78 Å². The summed E-state index contributed by atoms with van der Waals surface area (Å²) in [6, 6.07) is 14.3. The van der Waals surface area contributed by atoms with Gasteiger partial charge in [-0.15, -0.1) is 0 Å². The third-order valence-electron chi connectivity index (χ3n) is 4.32. The second kappa shape index (κ2) is 9.83. The monoisotopic (exact) mass is 479 g/mol. The van der Waals surface area contributed by atoms with Crippen LogP contribution in [0.15, 0.2) is 72.8 Å². The summed E-state index contributed by atoms with van der Waals surface area (Å²) in [5.41, 5.74) is -1.13. The zero-order valence-electron chi connectivity index (χ0n) is 16.6. The van der Waals surface area contributed by atoms with Crippen LogP contribution < -0.4 is 10.6 Å². The summed E-state index contributed by atoms with van der Waals surface area (Å²) in [6.07, 6.45) is -4.26. The summed E-state index contributed by atoms with van der Waals surface area (Å²) in [4.78, 5) is 12.4. The highest BCUT2D eigenvalue weighted by Crippen LogP contribution is 2.27. The number of carbonyl (C=O) groups excluding carboxylic acids is 1. The summed E-state index contributed by atoms with van der Waals surface area (Å²) in [5.74, 6) is -2.42. The van der Waals surface area contributed by atoms with Crippen LogP contribution in [0.3, 0.4) is 0 Å². The Bertz CT molecular complexity index is 1200. The molecular weight excluding hydrogens is 465 g/mol. The minimum Gasteiger partial charge on any atom is -0.354 e. The Kier molecular flexibility index (Phi) is 7.13. The average Bonchev–Trinajstić information content (AvgIpc) is 2.73. The zero-order valence-corrected chi connectivity index (χ0v) is 17.4. The topological polar surface area (TPSA) is 65.0 Å². The number of carbonyl (C=O) groups is 1. The molecule has 33 heavy (non-hydrogen) atoms. The molecule has 0 heterocycles. The molecule has 0 saturated carbocycles. The first-order chi connectivity index (χ1) is 15.5. The minimum absolute atomic E-state index is 0.0791. The van der Waals surface area contributed by atoms with E-state index in [2.05, 4.69) is 10.6 Å². The van der Waals surface area contributed by atoms with Crippen LogP contribution in [0, 0.1) is 17.0 Å². The van der Waals surface area contributed by atoms with Crippen molar-refractivity contribution in [3.63, 3.8) is 0 Å². The molecule has 10 heteroatoms. The maximum Gasteiger partial charge on any atom is 0.432 e. The van der Waals surface area contributed by atoms with Gasteiger partial charge in [0.25, 0.3) is 5.91 Å². The molecule has 0 saturated heterocycles. The molecule has 170 valence electrons. The van der Waals surface area contributed by atoms with Crippen molar-refractivity contribution in [3.05, 3.63) is 101 Å². The van der Waals surface area contributed by atoms with Crippen LogP contribution in [0.25, 0.3) is 5.70 Å². The molecule has 0 atom stereocenters.